The van der Waals surface area contributed by atoms with Crippen molar-refractivity contribution < 1.29 is 0 Å². The molecule has 0 radical (unpaired) electrons. The number of benzene rings is 2. The lowest BCUT2D eigenvalue weighted by molar-refractivity contribution is 0.677. The first-order valence-electron chi connectivity index (χ1n) is 7.27. The van der Waals surface area contributed by atoms with Gasteiger partial charge in [0, 0.05) is 21.9 Å². The molecule has 0 aliphatic carbocycles. The van der Waals surface area contributed by atoms with Gasteiger partial charge < -0.3 is 0 Å². The number of nitrogens with zero attached hydrogens (tertiary/aromatic N) is 6. The van der Waals surface area contributed by atoms with Crippen molar-refractivity contribution in [2.75, 3.05) is 0 Å². The van der Waals surface area contributed by atoms with Gasteiger partial charge >= 0.3 is 0 Å². The van der Waals surface area contributed by atoms with Gasteiger partial charge in [-0.1, -0.05) is 28.6 Å². The van der Waals surface area contributed by atoms with Crippen LogP contribution in [-0.2, 0) is 13.6 Å². The van der Waals surface area contributed by atoms with Crippen LogP contribution in [0.15, 0.2) is 58.8 Å². The number of halogens is 1. The number of hydrogen-bond donors (Lipinski definition) is 0. The number of aromatic nitrogens is 6. The van der Waals surface area contributed by atoms with Crippen molar-refractivity contribution in [1.29, 1.82) is 0 Å². The van der Waals surface area contributed by atoms with Crippen molar-refractivity contribution in [2.45, 2.75) is 16.3 Å². The Morgan fingerprint density at radius 2 is 2.08 bits per heavy atom. The largest absolute Gasteiger partial charge is 0.249 e. The van der Waals surface area contributed by atoms with Gasteiger partial charge in [-0.15, -0.1) is 5.10 Å². The van der Waals surface area contributed by atoms with Gasteiger partial charge in [-0.05, 0) is 42.0 Å². The van der Waals surface area contributed by atoms with Gasteiger partial charge in [-0.25, -0.2) is 14.3 Å². The maximum Gasteiger partial charge on any atom is 0.137 e. The van der Waals surface area contributed by atoms with Gasteiger partial charge in [-0.2, -0.15) is 5.10 Å². The molecule has 0 amide bonds. The molecule has 0 bridgehead atoms. The van der Waals surface area contributed by atoms with E-state index in [9.17, 15) is 0 Å². The SMILES string of the molecule is Cn1nnc2ccc(Sc3ccc(Cl)cc3Cn3cncn3)cc21. The van der Waals surface area contributed by atoms with Crippen LogP contribution in [0.2, 0.25) is 5.02 Å². The molecule has 0 fully saturated rings. The zero-order valence-corrected chi connectivity index (χ0v) is 14.4. The summed E-state index contributed by atoms with van der Waals surface area (Å²) in [5.41, 5.74) is 2.99. The number of aryl methyl sites for hydroxylation is 1. The highest BCUT2D eigenvalue weighted by Gasteiger charge is 2.09. The number of fused-ring (bicyclic) bond motifs is 1. The molecular formula is C16H13ClN6S. The molecule has 0 aliphatic heterocycles. The molecular weight excluding hydrogens is 344 g/mol. The Kier molecular flexibility index (Phi) is 3.95. The molecule has 0 aliphatic rings. The van der Waals surface area contributed by atoms with E-state index in [0.29, 0.717) is 11.6 Å². The Labute approximate surface area is 147 Å². The van der Waals surface area contributed by atoms with Crippen LogP contribution in [-0.4, -0.2) is 29.8 Å². The Bertz CT molecular complexity index is 995. The minimum absolute atomic E-state index is 0.623. The molecule has 8 heteroatoms. The molecule has 0 unspecified atom stereocenters. The second kappa shape index (κ2) is 6.26. The highest BCUT2D eigenvalue weighted by Crippen LogP contribution is 2.33. The summed E-state index contributed by atoms with van der Waals surface area (Å²) in [4.78, 5) is 6.24. The molecule has 0 saturated heterocycles. The summed E-state index contributed by atoms with van der Waals surface area (Å²) >= 11 is 7.85. The summed E-state index contributed by atoms with van der Waals surface area (Å²) in [6, 6.07) is 12.0. The molecule has 0 spiro atoms. The Hall–Kier alpha value is -2.38. The third-order valence-electron chi connectivity index (χ3n) is 3.63. The van der Waals surface area contributed by atoms with E-state index >= 15 is 0 Å². The van der Waals surface area contributed by atoms with Gasteiger partial charge in [0.05, 0.1) is 12.1 Å². The second-order valence-electron chi connectivity index (χ2n) is 5.31. The van der Waals surface area contributed by atoms with Crippen molar-refractivity contribution in [2.24, 2.45) is 7.05 Å². The first-order chi connectivity index (χ1) is 11.7. The molecule has 2 heterocycles. The summed E-state index contributed by atoms with van der Waals surface area (Å²) in [5.74, 6) is 0. The number of rotatable bonds is 4. The van der Waals surface area contributed by atoms with E-state index in [1.165, 1.54) is 6.33 Å². The molecule has 2 aromatic heterocycles. The van der Waals surface area contributed by atoms with Crippen molar-refractivity contribution in [1.82, 2.24) is 29.8 Å². The van der Waals surface area contributed by atoms with Gasteiger partial charge in [0.25, 0.3) is 0 Å². The standard InChI is InChI=1S/C16H13ClN6S/c1-22-15-7-13(3-4-14(15)20-21-22)24-16-5-2-12(17)6-11(16)8-23-10-18-9-19-23/h2-7,9-10H,8H2,1H3. The lowest BCUT2D eigenvalue weighted by Gasteiger charge is -2.10. The fourth-order valence-electron chi connectivity index (χ4n) is 2.46. The average Bonchev–Trinajstić information content (AvgIpc) is 3.21. The first kappa shape index (κ1) is 15.2. The predicted octanol–water partition coefficient (Wildman–Crippen LogP) is 3.41. The highest BCUT2D eigenvalue weighted by atomic mass is 35.5. The van der Waals surface area contributed by atoms with Crippen LogP contribution in [0.1, 0.15) is 5.56 Å². The topological polar surface area (TPSA) is 61.4 Å². The van der Waals surface area contributed by atoms with Crippen LogP contribution in [0, 0.1) is 0 Å². The van der Waals surface area contributed by atoms with Gasteiger partial charge in [0.2, 0.25) is 0 Å². The lowest BCUT2D eigenvalue weighted by atomic mass is 10.2. The van der Waals surface area contributed by atoms with E-state index in [4.69, 9.17) is 11.6 Å². The first-order valence-corrected chi connectivity index (χ1v) is 8.46. The quantitative estimate of drug-likeness (QED) is 0.560. The van der Waals surface area contributed by atoms with E-state index in [1.54, 1.807) is 27.5 Å². The van der Waals surface area contributed by atoms with Crippen molar-refractivity contribution >= 4 is 34.4 Å². The molecule has 120 valence electrons. The van der Waals surface area contributed by atoms with Crippen LogP contribution in [0.4, 0.5) is 0 Å². The van der Waals surface area contributed by atoms with Crippen LogP contribution in [0.25, 0.3) is 11.0 Å². The fourth-order valence-corrected chi connectivity index (χ4v) is 3.61. The minimum atomic E-state index is 0.623. The second-order valence-corrected chi connectivity index (χ2v) is 6.86. The fraction of sp³-hybridized carbons (Fsp3) is 0.125. The molecule has 4 rings (SSSR count). The van der Waals surface area contributed by atoms with E-state index in [2.05, 4.69) is 32.5 Å². The van der Waals surface area contributed by atoms with E-state index < -0.39 is 0 Å². The molecule has 0 N–H and O–H groups in total. The average molecular weight is 357 g/mol. The van der Waals surface area contributed by atoms with Crippen molar-refractivity contribution in [3.63, 3.8) is 0 Å². The third-order valence-corrected chi connectivity index (χ3v) is 4.97. The van der Waals surface area contributed by atoms with Gasteiger partial charge in [0.15, 0.2) is 0 Å². The Morgan fingerprint density at radius 3 is 2.92 bits per heavy atom. The molecule has 0 atom stereocenters. The van der Waals surface area contributed by atoms with Crippen LogP contribution in [0.5, 0.6) is 0 Å². The minimum Gasteiger partial charge on any atom is -0.249 e. The lowest BCUT2D eigenvalue weighted by Crippen LogP contribution is -2.01. The zero-order chi connectivity index (χ0) is 16.5. The summed E-state index contributed by atoms with van der Waals surface area (Å²) in [6.45, 7) is 0.623. The monoisotopic (exact) mass is 356 g/mol. The molecule has 2 aromatic carbocycles. The maximum atomic E-state index is 6.17. The van der Waals surface area contributed by atoms with Crippen LogP contribution < -0.4 is 0 Å². The summed E-state index contributed by atoms with van der Waals surface area (Å²) in [7, 11) is 1.89. The summed E-state index contributed by atoms with van der Waals surface area (Å²) in [5, 5.41) is 13.0. The molecule has 6 nitrogen and oxygen atoms in total. The zero-order valence-electron chi connectivity index (χ0n) is 12.8. The molecule has 24 heavy (non-hydrogen) atoms. The smallest absolute Gasteiger partial charge is 0.137 e. The van der Waals surface area contributed by atoms with Gasteiger partial charge in [-0.3, -0.25) is 0 Å². The Balaban J connectivity index is 1.68. The van der Waals surface area contributed by atoms with Crippen molar-refractivity contribution in [3.05, 3.63) is 59.6 Å². The van der Waals surface area contributed by atoms with Crippen LogP contribution in [0.3, 0.4) is 0 Å². The van der Waals surface area contributed by atoms with Gasteiger partial charge in [0.1, 0.15) is 18.2 Å². The molecule has 0 saturated carbocycles. The van der Waals surface area contributed by atoms with Crippen molar-refractivity contribution in [3.8, 4) is 0 Å². The normalized spacial score (nSPS) is 11.2. The van der Waals surface area contributed by atoms with E-state index in [-0.39, 0.29) is 0 Å². The third kappa shape index (κ3) is 3.00. The van der Waals surface area contributed by atoms with E-state index in [1.807, 2.05) is 31.3 Å². The van der Waals surface area contributed by atoms with Crippen LogP contribution >= 0.6 is 23.4 Å². The predicted molar refractivity (Wildman–Crippen MR) is 93.2 cm³/mol. The highest BCUT2D eigenvalue weighted by molar-refractivity contribution is 7.99. The maximum absolute atomic E-state index is 6.17. The van der Waals surface area contributed by atoms with E-state index in [0.717, 1.165) is 26.4 Å². The Morgan fingerprint density at radius 1 is 1.17 bits per heavy atom. The summed E-state index contributed by atoms with van der Waals surface area (Å²) in [6.07, 6.45) is 3.23. The number of hydrogen-bond acceptors (Lipinski definition) is 5. The molecule has 4 aromatic rings. The summed E-state index contributed by atoms with van der Waals surface area (Å²) < 4.78 is 3.56.